The lowest BCUT2D eigenvalue weighted by molar-refractivity contribution is 0.0953. The first-order chi connectivity index (χ1) is 10.6. The molecule has 2 aromatic rings. The van der Waals surface area contributed by atoms with Crippen molar-refractivity contribution < 1.29 is 13.6 Å². The minimum absolute atomic E-state index is 0.121. The molecule has 1 N–H and O–H groups in total. The summed E-state index contributed by atoms with van der Waals surface area (Å²) in [6, 6.07) is 13.0. The van der Waals surface area contributed by atoms with Crippen LogP contribution in [0.25, 0.3) is 0 Å². The molecule has 22 heavy (non-hydrogen) atoms. The number of anilines is 1. The van der Waals surface area contributed by atoms with Gasteiger partial charge in [0.2, 0.25) is 0 Å². The highest BCUT2D eigenvalue weighted by molar-refractivity contribution is 5.94. The number of nitrogens with zero attached hydrogens (tertiary/aromatic N) is 1. The molecule has 0 fully saturated rings. The Bertz CT molecular complexity index is 632. The molecule has 2 rings (SSSR count). The van der Waals surface area contributed by atoms with E-state index in [1.807, 2.05) is 37.4 Å². The summed E-state index contributed by atoms with van der Waals surface area (Å²) >= 11 is 0. The largest absolute Gasteiger partial charge is 0.375 e. The zero-order valence-electron chi connectivity index (χ0n) is 12.4. The fourth-order valence-corrected chi connectivity index (χ4v) is 2.07. The summed E-state index contributed by atoms with van der Waals surface area (Å²) in [5.41, 5.74) is 1.23. The van der Waals surface area contributed by atoms with Gasteiger partial charge in [-0.1, -0.05) is 18.2 Å². The van der Waals surface area contributed by atoms with Crippen LogP contribution < -0.4 is 10.2 Å². The molecule has 0 radical (unpaired) electrons. The molecule has 2 aromatic carbocycles. The van der Waals surface area contributed by atoms with Gasteiger partial charge in [-0.25, -0.2) is 8.78 Å². The first-order valence-electron chi connectivity index (χ1n) is 7.07. The van der Waals surface area contributed by atoms with E-state index in [1.54, 1.807) is 0 Å². The van der Waals surface area contributed by atoms with Crippen LogP contribution in [-0.2, 0) is 0 Å². The van der Waals surface area contributed by atoms with Gasteiger partial charge in [0, 0.05) is 31.4 Å². The van der Waals surface area contributed by atoms with E-state index in [4.69, 9.17) is 0 Å². The van der Waals surface area contributed by atoms with Gasteiger partial charge in [0.05, 0.1) is 0 Å². The quantitative estimate of drug-likeness (QED) is 0.831. The molecule has 116 valence electrons. The molecular weight excluding hydrogens is 286 g/mol. The molecule has 0 heterocycles. The van der Waals surface area contributed by atoms with Crippen molar-refractivity contribution in [2.24, 2.45) is 0 Å². The van der Waals surface area contributed by atoms with Crippen LogP contribution in [0.1, 0.15) is 16.8 Å². The minimum atomic E-state index is -1.02. The SMILES string of the molecule is CN(CCCNC(=O)c1ccc(F)c(F)c1)c1ccccc1. The van der Waals surface area contributed by atoms with Crippen LogP contribution in [0.2, 0.25) is 0 Å². The van der Waals surface area contributed by atoms with E-state index in [2.05, 4.69) is 10.2 Å². The highest BCUT2D eigenvalue weighted by Crippen LogP contribution is 2.11. The monoisotopic (exact) mass is 304 g/mol. The molecule has 3 nitrogen and oxygen atoms in total. The second-order valence-corrected chi connectivity index (χ2v) is 5.00. The Hall–Kier alpha value is -2.43. The van der Waals surface area contributed by atoms with Crippen LogP contribution in [0.15, 0.2) is 48.5 Å². The maximum atomic E-state index is 13.1. The summed E-state index contributed by atoms with van der Waals surface area (Å²) in [6.07, 6.45) is 0.751. The Balaban J connectivity index is 1.76. The van der Waals surface area contributed by atoms with Gasteiger partial charge < -0.3 is 10.2 Å². The van der Waals surface area contributed by atoms with Crippen molar-refractivity contribution in [3.05, 3.63) is 65.7 Å². The second-order valence-electron chi connectivity index (χ2n) is 5.00. The predicted molar refractivity (Wildman–Crippen MR) is 83.0 cm³/mol. The molecular formula is C17H18F2N2O. The summed E-state index contributed by atoms with van der Waals surface area (Å²) in [5.74, 6) is -2.38. The number of carbonyl (C=O) groups is 1. The molecule has 0 aliphatic rings. The Kier molecular flexibility index (Phi) is 5.47. The van der Waals surface area contributed by atoms with Gasteiger partial charge in [0.25, 0.3) is 5.91 Å². The molecule has 0 aromatic heterocycles. The standard InChI is InChI=1S/C17H18F2N2O/c1-21(14-6-3-2-4-7-14)11-5-10-20-17(22)13-8-9-15(18)16(19)12-13/h2-4,6-9,12H,5,10-11H2,1H3,(H,20,22). The summed E-state index contributed by atoms with van der Waals surface area (Å²) in [7, 11) is 1.98. The van der Waals surface area contributed by atoms with Gasteiger partial charge >= 0.3 is 0 Å². The number of benzene rings is 2. The number of carbonyl (C=O) groups excluding carboxylic acids is 1. The molecule has 0 bridgehead atoms. The Morgan fingerprint density at radius 3 is 2.50 bits per heavy atom. The fraction of sp³-hybridized carbons (Fsp3) is 0.235. The average Bonchev–Trinajstić information content (AvgIpc) is 2.54. The van der Waals surface area contributed by atoms with E-state index in [0.717, 1.165) is 30.8 Å². The van der Waals surface area contributed by atoms with Crippen LogP contribution >= 0.6 is 0 Å². The smallest absolute Gasteiger partial charge is 0.251 e. The summed E-state index contributed by atoms with van der Waals surface area (Å²) in [6.45, 7) is 1.25. The van der Waals surface area contributed by atoms with E-state index < -0.39 is 17.5 Å². The van der Waals surface area contributed by atoms with Crippen molar-refractivity contribution in [2.45, 2.75) is 6.42 Å². The first-order valence-corrected chi connectivity index (χ1v) is 7.07. The average molecular weight is 304 g/mol. The summed E-state index contributed by atoms with van der Waals surface area (Å²) in [4.78, 5) is 13.9. The minimum Gasteiger partial charge on any atom is -0.375 e. The van der Waals surface area contributed by atoms with E-state index in [9.17, 15) is 13.6 Å². The van der Waals surface area contributed by atoms with Crippen molar-refractivity contribution in [1.29, 1.82) is 0 Å². The van der Waals surface area contributed by atoms with Crippen LogP contribution in [-0.4, -0.2) is 26.0 Å². The van der Waals surface area contributed by atoms with Gasteiger partial charge in [-0.3, -0.25) is 4.79 Å². The second kappa shape index (κ2) is 7.54. The Labute approximate surface area is 128 Å². The van der Waals surface area contributed by atoms with Gasteiger partial charge in [-0.2, -0.15) is 0 Å². The molecule has 0 aliphatic carbocycles. The third-order valence-corrected chi connectivity index (χ3v) is 3.33. The van der Waals surface area contributed by atoms with Gasteiger partial charge in [-0.15, -0.1) is 0 Å². The van der Waals surface area contributed by atoms with Gasteiger partial charge in [-0.05, 0) is 36.8 Å². The van der Waals surface area contributed by atoms with Crippen LogP contribution in [0, 0.1) is 11.6 Å². The molecule has 0 unspecified atom stereocenters. The molecule has 5 heteroatoms. The first kappa shape index (κ1) is 15.9. The fourth-order valence-electron chi connectivity index (χ4n) is 2.07. The summed E-state index contributed by atoms with van der Waals surface area (Å²) in [5, 5.41) is 2.70. The van der Waals surface area contributed by atoms with E-state index in [0.29, 0.717) is 6.54 Å². The lowest BCUT2D eigenvalue weighted by Crippen LogP contribution is -2.28. The lowest BCUT2D eigenvalue weighted by atomic mass is 10.2. The third-order valence-electron chi connectivity index (χ3n) is 3.33. The number of nitrogens with one attached hydrogen (secondary N) is 1. The van der Waals surface area contributed by atoms with E-state index in [1.165, 1.54) is 6.07 Å². The van der Waals surface area contributed by atoms with Crippen molar-refractivity contribution in [1.82, 2.24) is 5.32 Å². The molecule has 0 atom stereocenters. The van der Waals surface area contributed by atoms with Gasteiger partial charge in [0.15, 0.2) is 11.6 Å². The molecule has 0 saturated heterocycles. The number of rotatable bonds is 6. The lowest BCUT2D eigenvalue weighted by Gasteiger charge is -2.19. The number of halogens is 2. The van der Waals surface area contributed by atoms with E-state index in [-0.39, 0.29) is 5.56 Å². The Morgan fingerprint density at radius 2 is 1.82 bits per heavy atom. The maximum Gasteiger partial charge on any atom is 0.251 e. The topological polar surface area (TPSA) is 32.3 Å². The maximum absolute atomic E-state index is 13.1. The molecule has 1 amide bonds. The number of para-hydroxylation sites is 1. The molecule has 0 aliphatic heterocycles. The van der Waals surface area contributed by atoms with Crippen molar-refractivity contribution in [2.75, 3.05) is 25.0 Å². The van der Waals surface area contributed by atoms with Crippen molar-refractivity contribution >= 4 is 11.6 Å². The van der Waals surface area contributed by atoms with Crippen LogP contribution in [0.3, 0.4) is 0 Å². The molecule has 0 saturated carbocycles. The number of hydrogen-bond acceptors (Lipinski definition) is 2. The van der Waals surface area contributed by atoms with Crippen molar-refractivity contribution in [3.8, 4) is 0 Å². The van der Waals surface area contributed by atoms with Gasteiger partial charge in [0.1, 0.15) is 0 Å². The normalized spacial score (nSPS) is 10.3. The predicted octanol–water partition coefficient (Wildman–Crippen LogP) is 3.22. The highest BCUT2D eigenvalue weighted by atomic mass is 19.2. The van der Waals surface area contributed by atoms with E-state index >= 15 is 0 Å². The Morgan fingerprint density at radius 1 is 1.09 bits per heavy atom. The number of amides is 1. The highest BCUT2D eigenvalue weighted by Gasteiger charge is 2.09. The zero-order chi connectivity index (χ0) is 15.9. The number of hydrogen-bond donors (Lipinski definition) is 1. The summed E-state index contributed by atoms with van der Waals surface area (Å²) < 4.78 is 25.9. The molecule has 0 spiro atoms. The van der Waals surface area contributed by atoms with Crippen LogP contribution in [0.4, 0.5) is 14.5 Å². The third kappa shape index (κ3) is 4.28. The van der Waals surface area contributed by atoms with Crippen molar-refractivity contribution in [3.63, 3.8) is 0 Å². The van der Waals surface area contributed by atoms with Crippen LogP contribution in [0.5, 0.6) is 0 Å². The zero-order valence-corrected chi connectivity index (χ0v) is 12.4.